The number of rotatable bonds is 4. The van der Waals surface area contributed by atoms with Gasteiger partial charge in [-0.05, 0) is 58.7 Å². The van der Waals surface area contributed by atoms with E-state index in [0.29, 0.717) is 40.6 Å². The number of amides is 1. The molecule has 3 aliphatic heterocycles. The number of piperidine rings is 1. The number of ether oxygens (including phenoxy) is 1. The van der Waals surface area contributed by atoms with Gasteiger partial charge < -0.3 is 25.2 Å². The minimum absolute atomic E-state index is 0.0552. The van der Waals surface area contributed by atoms with Crippen LogP contribution in [0.4, 0.5) is 0 Å². The summed E-state index contributed by atoms with van der Waals surface area (Å²) in [7, 11) is 2.21. The Morgan fingerprint density at radius 2 is 1.69 bits per heavy atom. The SMILES string of the molecule is CN1[C@@H]2CC[C@H]1CC(NC(=O)c1cc(Cl)cc3c1OC(C)(C)C3)C2.O=C(O)/C=C\C(=O)O. The highest BCUT2D eigenvalue weighted by molar-refractivity contribution is 6.31. The summed E-state index contributed by atoms with van der Waals surface area (Å²) in [6.07, 6.45) is 6.46. The van der Waals surface area contributed by atoms with Gasteiger partial charge in [-0.1, -0.05) is 11.6 Å². The molecule has 0 aromatic heterocycles. The molecule has 8 nitrogen and oxygen atoms in total. The Kier molecular flexibility index (Phi) is 7.15. The number of carbonyl (C=O) groups is 3. The lowest BCUT2D eigenvalue weighted by atomic mass is 9.97. The van der Waals surface area contributed by atoms with Crippen LogP contribution in [0.25, 0.3) is 0 Å². The van der Waals surface area contributed by atoms with E-state index in [4.69, 9.17) is 26.6 Å². The molecule has 0 saturated carbocycles. The molecule has 174 valence electrons. The highest BCUT2D eigenvalue weighted by atomic mass is 35.5. The van der Waals surface area contributed by atoms with Crippen molar-refractivity contribution in [3.8, 4) is 5.75 Å². The van der Waals surface area contributed by atoms with Crippen LogP contribution in [0.15, 0.2) is 24.3 Å². The lowest BCUT2D eigenvalue weighted by molar-refractivity contribution is -0.134. The summed E-state index contributed by atoms with van der Waals surface area (Å²) in [6, 6.07) is 5.11. The van der Waals surface area contributed by atoms with E-state index < -0.39 is 11.9 Å². The highest BCUT2D eigenvalue weighted by Crippen LogP contribution is 2.40. The summed E-state index contributed by atoms with van der Waals surface area (Å²) in [5, 5.41) is 19.5. The van der Waals surface area contributed by atoms with Gasteiger partial charge in [0, 0.05) is 47.3 Å². The summed E-state index contributed by atoms with van der Waals surface area (Å²) < 4.78 is 6.03. The van der Waals surface area contributed by atoms with E-state index >= 15 is 0 Å². The standard InChI is InChI=1S/C19H25ClN2O2.C4H4O4/c1-19(2)10-11-6-12(20)7-16(17(11)24-19)18(23)21-13-8-14-4-5-15(9-13)22(14)3;5-3(6)1-2-4(7)8/h6-7,13-15H,4-5,8-10H2,1-3H3,(H,21,23);1-2H,(H,5,6)(H,7,8)/b;2-1-/t13?,14-,15+;. The second kappa shape index (κ2) is 9.50. The normalized spacial score (nSPS) is 25.4. The van der Waals surface area contributed by atoms with E-state index in [0.717, 1.165) is 24.8 Å². The van der Waals surface area contributed by atoms with Gasteiger partial charge in [-0.15, -0.1) is 0 Å². The van der Waals surface area contributed by atoms with Crippen molar-refractivity contribution >= 4 is 29.4 Å². The first-order valence-corrected chi connectivity index (χ1v) is 11.0. The first-order valence-electron chi connectivity index (χ1n) is 10.6. The Labute approximate surface area is 192 Å². The number of benzene rings is 1. The Morgan fingerprint density at radius 3 is 2.22 bits per heavy atom. The van der Waals surface area contributed by atoms with Gasteiger partial charge in [0.1, 0.15) is 11.4 Å². The molecule has 3 heterocycles. The van der Waals surface area contributed by atoms with Crippen LogP contribution in [0.2, 0.25) is 5.02 Å². The number of hydrogen-bond donors (Lipinski definition) is 3. The lowest BCUT2D eigenvalue weighted by Crippen LogP contribution is -2.48. The fourth-order valence-electron chi connectivity index (χ4n) is 4.78. The molecule has 2 bridgehead atoms. The monoisotopic (exact) mass is 464 g/mol. The summed E-state index contributed by atoms with van der Waals surface area (Å²) in [5.41, 5.74) is 1.32. The smallest absolute Gasteiger partial charge is 0.328 e. The van der Waals surface area contributed by atoms with Crippen LogP contribution in [0, 0.1) is 0 Å². The maximum absolute atomic E-state index is 12.9. The maximum atomic E-state index is 12.9. The largest absolute Gasteiger partial charge is 0.486 e. The van der Waals surface area contributed by atoms with Crippen LogP contribution in [-0.2, 0) is 16.0 Å². The topological polar surface area (TPSA) is 116 Å². The Bertz CT molecular complexity index is 915. The number of aliphatic carboxylic acids is 2. The van der Waals surface area contributed by atoms with Crippen LogP contribution in [-0.4, -0.2) is 63.7 Å². The molecule has 0 aliphatic carbocycles. The average molecular weight is 465 g/mol. The molecule has 1 aromatic rings. The third-order valence-electron chi connectivity index (χ3n) is 6.17. The van der Waals surface area contributed by atoms with Gasteiger partial charge in [-0.3, -0.25) is 4.79 Å². The summed E-state index contributed by atoms with van der Waals surface area (Å²) in [5.74, 6) is -1.86. The van der Waals surface area contributed by atoms with E-state index in [1.54, 1.807) is 6.07 Å². The van der Waals surface area contributed by atoms with Gasteiger partial charge >= 0.3 is 11.9 Å². The predicted octanol–water partition coefficient (Wildman–Crippen LogP) is 3.12. The molecule has 1 aromatic carbocycles. The van der Waals surface area contributed by atoms with Crippen molar-refractivity contribution in [3.05, 3.63) is 40.4 Å². The van der Waals surface area contributed by atoms with Crippen molar-refractivity contribution in [2.75, 3.05) is 7.05 Å². The van der Waals surface area contributed by atoms with Gasteiger partial charge in [0.2, 0.25) is 0 Å². The fraction of sp³-hybridized carbons (Fsp3) is 0.522. The number of nitrogens with one attached hydrogen (secondary N) is 1. The second-order valence-electron chi connectivity index (χ2n) is 9.18. The van der Waals surface area contributed by atoms with Crippen molar-refractivity contribution in [1.82, 2.24) is 10.2 Å². The molecule has 2 fully saturated rings. The molecule has 3 aliphatic rings. The van der Waals surface area contributed by atoms with Gasteiger partial charge in [0.25, 0.3) is 5.91 Å². The molecule has 1 amide bonds. The minimum Gasteiger partial charge on any atom is -0.486 e. The van der Waals surface area contributed by atoms with E-state index in [-0.39, 0.29) is 17.6 Å². The molecule has 9 heteroatoms. The van der Waals surface area contributed by atoms with Crippen LogP contribution < -0.4 is 10.1 Å². The van der Waals surface area contributed by atoms with E-state index in [1.807, 2.05) is 19.9 Å². The van der Waals surface area contributed by atoms with Gasteiger partial charge in [-0.2, -0.15) is 0 Å². The van der Waals surface area contributed by atoms with Crippen molar-refractivity contribution < 1.29 is 29.3 Å². The van der Waals surface area contributed by atoms with Gasteiger partial charge in [-0.25, -0.2) is 9.59 Å². The van der Waals surface area contributed by atoms with Gasteiger partial charge in [0.15, 0.2) is 0 Å². The minimum atomic E-state index is -1.26. The van der Waals surface area contributed by atoms with E-state index in [1.165, 1.54) is 12.8 Å². The van der Waals surface area contributed by atoms with Crippen LogP contribution >= 0.6 is 11.6 Å². The zero-order valence-electron chi connectivity index (χ0n) is 18.4. The number of carboxylic acid groups (broad SMARTS) is 2. The summed E-state index contributed by atoms with van der Waals surface area (Å²) in [6.45, 7) is 4.08. The Morgan fingerprint density at radius 1 is 1.12 bits per heavy atom. The molecule has 0 spiro atoms. The number of hydrogen-bond acceptors (Lipinski definition) is 5. The molecular weight excluding hydrogens is 436 g/mol. The average Bonchev–Trinajstić information content (AvgIpc) is 3.08. The molecule has 2 saturated heterocycles. The summed E-state index contributed by atoms with van der Waals surface area (Å²) >= 11 is 6.24. The van der Waals surface area contributed by atoms with Crippen molar-refractivity contribution in [2.45, 2.75) is 69.7 Å². The van der Waals surface area contributed by atoms with Crippen molar-refractivity contribution in [3.63, 3.8) is 0 Å². The molecule has 0 radical (unpaired) electrons. The van der Waals surface area contributed by atoms with Gasteiger partial charge in [0.05, 0.1) is 5.56 Å². The molecule has 1 unspecified atom stereocenters. The molecule has 4 rings (SSSR count). The third kappa shape index (κ3) is 5.81. The van der Waals surface area contributed by atoms with E-state index in [2.05, 4.69) is 17.3 Å². The summed E-state index contributed by atoms with van der Waals surface area (Å²) in [4.78, 5) is 34.5. The maximum Gasteiger partial charge on any atom is 0.328 e. The number of halogens is 1. The highest BCUT2D eigenvalue weighted by Gasteiger charge is 2.40. The number of carboxylic acids is 2. The van der Waals surface area contributed by atoms with Crippen molar-refractivity contribution in [1.29, 1.82) is 0 Å². The Hall–Kier alpha value is -2.58. The Balaban J connectivity index is 0.000000312. The number of nitrogens with zero attached hydrogens (tertiary/aromatic N) is 1. The number of fused-ring (bicyclic) bond motifs is 3. The molecular formula is C23H29ClN2O6. The first kappa shape index (κ1) is 24.1. The van der Waals surface area contributed by atoms with E-state index in [9.17, 15) is 14.4 Å². The van der Waals surface area contributed by atoms with Crippen molar-refractivity contribution in [2.24, 2.45) is 0 Å². The quantitative estimate of drug-likeness (QED) is 0.586. The zero-order chi connectivity index (χ0) is 23.6. The molecule has 3 N–H and O–H groups in total. The second-order valence-corrected chi connectivity index (χ2v) is 9.62. The zero-order valence-corrected chi connectivity index (χ0v) is 19.2. The number of carbonyl (C=O) groups excluding carboxylic acids is 1. The molecule has 32 heavy (non-hydrogen) atoms. The van der Waals surface area contributed by atoms with Crippen LogP contribution in [0.3, 0.4) is 0 Å². The first-order chi connectivity index (χ1) is 14.9. The van der Waals surface area contributed by atoms with Crippen LogP contribution in [0.1, 0.15) is 55.5 Å². The van der Waals surface area contributed by atoms with Crippen LogP contribution in [0.5, 0.6) is 5.75 Å². The lowest BCUT2D eigenvalue weighted by Gasteiger charge is -2.36. The fourth-order valence-corrected chi connectivity index (χ4v) is 5.02. The molecule has 3 atom stereocenters. The predicted molar refractivity (Wildman–Crippen MR) is 119 cm³/mol. The third-order valence-corrected chi connectivity index (χ3v) is 6.39.